The Labute approximate surface area is 202 Å². The molecule has 3 heterocycles. The van der Waals surface area contributed by atoms with E-state index in [-0.39, 0.29) is 17.8 Å². The number of nitrogens with zero attached hydrogens (tertiary/aromatic N) is 3. The van der Waals surface area contributed by atoms with Crippen molar-refractivity contribution in [3.05, 3.63) is 108 Å². The number of rotatable bonds is 5. The molecule has 1 aliphatic rings. The monoisotopic (exact) mass is 470 g/mol. The Balaban J connectivity index is 1.71. The molecule has 0 spiro atoms. The van der Waals surface area contributed by atoms with Crippen molar-refractivity contribution in [3.8, 4) is 11.4 Å². The van der Waals surface area contributed by atoms with Crippen molar-refractivity contribution in [1.29, 1.82) is 0 Å². The van der Waals surface area contributed by atoms with Gasteiger partial charge in [-0.1, -0.05) is 30.3 Å². The van der Waals surface area contributed by atoms with Crippen LogP contribution in [0.3, 0.4) is 0 Å². The van der Waals surface area contributed by atoms with Crippen molar-refractivity contribution in [3.63, 3.8) is 0 Å². The smallest absolute Gasteiger partial charge is 0.339 e. The lowest BCUT2D eigenvalue weighted by Crippen LogP contribution is -2.30. The molecular weight excluding hydrogens is 448 g/mol. The molecule has 0 aliphatic carbocycles. The highest BCUT2D eigenvalue weighted by Crippen LogP contribution is 2.44. The molecule has 5 rings (SSSR count). The average Bonchev–Trinajstić information content (AvgIpc) is 3.48. The van der Waals surface area contributed by atoms with E-state index in [1.165, 1.54) is 7.11 Å². The molecule has 2 aromatic carbocycles. The third-order valence-electron chi connectivity index (χ3n) is 5.89. The summed E-state index contributed by atoms with van der Waals surface area (Å²) in [5, 5.41) is 14.5. The summed E-state index contributed by atoms with van der Waals surface area (Å²) in [5.74, 6) is -0.305. The minimum absolute atomic E-state index is 0.117. The number of para-hydroxylation sites is 3. The highest BCUT2D eigenvalue weighted by Gasteiger charge is 2.43. The van der Waals surface area contributed by atoms with Gasteiger partial charge in [-0.15, -0.1) is 0 Å². The van der Waals surface area contributed by atoms with E-state index in [1.807, 2.05) is 70.3 Å². The second-order valence-electron chi connectivity index (χ2n) is 7.80. The Kier molecular flexibility index (Phi) is 5.73. The molecular formula is C26H22N4O3S. The third-order valence-corrected chi connectivity index (χ3v) is 6.21. The van der Waals surface area contributed by atoms with Gasteiger partial charge in [0.15, 0.2) is 5.11 Å². The zero-order chi connectivity index (χ0) is 23.7. The predicted octanol–water partition coefficient (Wildman–Crippen LogP) is 4.54. The number of nitrogens with one attached hydrogen (secondary N) is 1. The molecule has 2 N–H and O–H groups in total. The zero-order valence-electron chi connectivity index (χ0n) is 18.3. The molecule has 8 heteroatoms. The minimum Gasteiger partial charge on any atom is -0.506 e. The molecule has 1 aliphatic heterocycles. The number of esters is 1. The lowest BCUT2D eigenvalue weighted by molar-refractivity contribution is 0.0600. The summed E-state index contributed by atoms with van der Waals surface area (Å²) < 4.78 is 6.97. The van der Waals surface area contributed by atoms with Crippen LogP contribution in [-0.4, -0.2) is 32.8 Å². The first-order valence-electron chi connectivity index (χ1n) is 10.7. The highest BCUT2D eigenvalue weighted by atomic mass is 32.1. The van der Waals surface area contributed by atoms with Crippen molar-refractivity contribution in [2.45, 2.75) is 12.1 Å². The predicted molar refractivity (Wildman–Crippen MR) is 133 cm³/mol. The number of benzene rings is 2. The lowest BCUT2D eigenvalue weighted by Gasteiger charge is -2.29. The molecule has 1 saturated heterocycles. The first-order valence-corrected chi connectivity index (χ1v) is 11.1. The van der Waals surface area contributed by atoms with Gasteiger partial charge in [0, 0.05) is 18.1 Å². The largest absolute Gasteiger partial charge is 0.506 e. The van der Waals surface area contributed by atoms with Crippen LogP contribution in [0.2, 0.25) is 0 Å². The number of thiocarbonyl (C=S) groups is 1. The van der Waals surface area contributed by atoms with Crippen LogP contribution in [0.25, 0.3) is 5.69 Å². The molecule has 2 aromatic heterocycles. The molecule has 1 fully saturated rings. The Bertz CT molecular complexity index is 1350. The fraction of sp³-hybridized carbons (Fsp3) is 0.115. The third kappa shape index (κ3) is 3.68. The van der Waals surface area contributed by atoms with Gasteiger partial charge in [0.2, 0.25) is 0 Å². The van der Waals surface area contributed by atoms with Gasteiger partial charge in [0.25, 0.3) is 0 Å². The van der Waals surface area contributed by atoms with Gasteiger partial charge in [0.05, 0.1) is 35.8 Å². The number of aromatic nitrogens is 2. The summed E-state index contributed by atoms with van der Waals surface area (Å²) in [7, 11) is 1.37. The SMILES string of the molecule is COC(=O)c1ccccc1-n1cccc1[C@@H]1[C@H](c2ccccn2)NC(=S)N1c1ccccc1O. The number of anilines is 1. The van der Waals surface area contributed by atoms with Gasteiger partial charge in [-0.2, -0.15) is 0 Å². The molecule has 0 saturated carbocycles. The van der Waals surface area contributed by atoms with E-state index in [1.54, 1.807) is 30.5 Å². The van der Waals surface area contributed by atoms with Gasteiger partial charge in [-0.3, -0.25) is 4.98 Å². The van der Waals surface area contributed by atoms with Crippen LogP contribution < -0.4 is 10.2 Å². The van der Waals surface area contributed by atoms with Crippen LogP contribution in [0.15, 0.2) is 91.3 Å². The van der Waals surface area contributed by atoms with Crippen LogP contribution in [0.1, 0.15) is 33.8 Å². The topological polar surface area (TPSA) is 79.6 Å². The van der Waals surface area contributed by atoms with E-state index < -0.39 is 5.97 Å². The molecule has 0 amide bonds. The van der Waals surface area contributed by atoms with E-state index in [0.29, 0.717) is 22.1 Å². The standard InChI is InChI=1S/C26H22N4O3S/c1-33-25(32)17-9-2-3-11-19(17)29-16-8-13-21(29)24-23(18-10-6-7-15-27-18)28-26(34)30(24)20-12-4-5-14-22(20)31/h2-16,23-24,31H,1H3,(H,28,34)/t23-,24+/m0/s1. The normalized spacial score (nSPS) is 17.4. The summed E-state index contributed by atoms with van der Waals surface area (Å²) >= 11 is 5.75. The second-order valence-corrected chi connectivity index (χ2v) is 8.18. The second kappa shape index (κ2) is 8.99. The quantitative estimate of drug-likeness (QED) is 0.327. The van der Waals surface area contributed by atoms with Crippen LogP contribution in [-0.2, 0) is 4.74 Å². The van der Waals surface area contributed by atoms with Gasteiger partial charge in [-0.05, 0) is 60.7 Å². The zero-order valence-corrected chi connectivity index (χ0v) is 19.1. The first kappa shape index (κ1) is 21.7. The molecule has 0 radical (unpaired) electrons. The van der Waals surface area contributed by atoms with Gasteiger partial charge >= 0.3 is 5.97 Å². The van der Waals surface area contributed by atoms with Crippen molar-refractivity contribution in [2.75, 3.05) is 12.0 Å². The number of carbonyl (C=O) groups excluding carboxylic acids is 1. The van der Waals surface area contributed by atoms with E-state index >= 15 is 0 Å². The Morgan fingerprint density at radius 1 is 1.00 bits per heavy atom. The number of phenolic OH excluding ortho intramolecular Hbond substituents is 1. The Morgan fingerprint density at radius 3 is 2.47 bits per heavy atom. The van der Waals surface area contributed by atoms with Crippen LogP contribution in [0.5, 0.6) is 5.75 Å². The number of ether oxygens (including phenoxy) is 1. The molecule has 34 heavy (non-hydrogen) atoms. The first-order chi connectivity index (χ1) is 16.6. The van der Waals surface area contributed by atoms with Gasteiger partial charge in [0.1, 0.15) is 11.8 Å². The number of pyridine rings is 1. The van der Waals surface area contributed by atoms with Crippen molar-refractivity contribution >= 4 is 29.0 Å². The Morgan fingerprint density at radius 2 is 1.74 bits per heavy atom. The summed E-state index contributed by atoms with van der Waals surface area (Å²) in [5.41, 5.74) is 3.38. The molecule has 2 atom stereocenters. The van der Waals surface area contributed by atoms with E-state index in [4.69, 9.17) is 17.0 Å². The fourth-order valence-electron chi connectivity index (χ4n) is 4.40. The summed E-state index contributed by atoms with van der Waals surface area (Å²) in [4.78, 5) is 19.0. The number of phenols is 1. The molecule has 0 unspecified atom stereocenters. The average molecular weight is 471 g/mol. The maximum atomic E-state index is 12.5. The van der Waals surface area contributed by atoms with E-state index in [0.717, 1.165) is 11.4 Å². The number of methoxy groups -OCH3 is 1. The summed E-state index contributed by atoms with van der Waals surface area (Å²) in [6.07, 6.45) is 3.64. The molecule has 0 bridgehead atoms. The van der Waals surface area contributed by atoms with Crippen molar-refractivity contribution < 1.29 is 14.6 Å². The maximum Gasteiger partial charge on any atom is 0.339 e. The number of hydrogen-bond acceptors (Lipinski definition) is 5. The van der Waals surface area contributed by atoms with E-state index in [2.05, 4.69) is 10.3 Å². The maximum absolute atomic E-state index is 12.5. The Hall–Kier alpha value is -4.17. The van der Waals surface area contributed by atoms with Gasteiger partial charge in [-0.25, -0.2) is 4.79 Å². The van der Waals surface area contributed by atoms with Crippen LogP contribution in [0.4, 0.5) is 5.69 Å². The van der Waals surface area contributed by atoms with E-state index in [9.17, 15) is 9.90 Å². The number of aromatic hydroxyl groups is 1. The molecule has 4 aromatic rings. The summed E-state index contributed by atoms with van der Waals surface area (Å²) in [6.45, 7) is 0. The highest BCUT2D eigenvalue weighted by molar-refractivity contribution is 7.80. The minimum atomic E-state index is -0.422. The fourth-order valence-corrected chi connectivity index (χ4v) is 4.74. The van der Waals surface area contributed by atoms with Crippen LogP contribution >= 0.6 is 12.2 Å². The number of hydrogen-bond donors (Lipinski definition) is 2. The lowest BCUT2D eigenvalue weighted by atomic mass is 10.00. The molecule has 7 nitrogen and oxygen atoms in total. The van der Waals surface area contributed by atoms with Gasteiger partial charge < -0.3 is 24.6 Å². The van der Waals surface area contributed by atoms with Crippen molar-refractivity contribution in [2.24, 2.45) is 0 Å². The molecule has 170 valence electrons. The van der Waals surface area contributed by atoms with Crippen molar-refractivity contribution in [1.82, 2.24) is 14.9 Å². The number of carbonyl (C=O) groups is 1. The van der Waals surface area contributed by atoms with Crippen LogP contribution in [0, 0.1) is 0 Å². The summed E-state index contributed by atoms with van der Waals surface area (Å²) in [6, 6.07) is 23.3.